The SMILES string of the molecule is COc1ccccc1CNC(=O)c1cnc(C2CCN(S(=O)(=O)N(C)C)CC2)nc1C. The third-order valence-corrected chi connectivity index (χ3v) is 7.42. The van der Waals surface area contributed by atoms with E-state index in [9.17, 15) is 13.2 Å². The quantitative estimate of drug-likeness (QED) is 0.693. The molecule has 3 rings (SSSR count). The maximum atomic E-state index is 12.6. The smallest absolute Gasteiger partial charge is 0.281 e. The van der Waals surface area contributed by atoms with Gasteiger partial charge in [0.1, 0.15) is 11.6 Å². The van der Waals surface area contributed by atoms with E-state index in [1.54, 1.807) is 20.2 Å². The Morgan fingerprint density at radius 1 is 1.26 bits per heavy atom. The average molecular weight is 448 g/mol. The fourth-order valence-electron chi connectivity index (χ4n) is 3.60. The number of carbonyl (C=O) groups excluding carboxylic acids is 1. The van der Waals surface area contributed by atoms with Crippen molar-refractivity contribution in [3.05, 3.63) is 53.1 Å². The molecule has 0 atom stereocenters. The summed E-state index contributed by atoms with van der Waals surface area (Å²) in [6.45, 7) is 2.97. The lowest BCUT2D eigenvalue weighted by Crippen LogP contribution is -2.44. The second-order valence-corrected chi connectivity index (χ2v) is 9.83. The third-order valence-electron chi connectivity index (χ3n) is 5.48. The monoisotopic (exact) mass is 447 g/mol. The number of methoxy groups -OCH3 is 1. The number of nitrogens with zero attached hydrogens (tertiary/aromatic N) is 4. The fourth-order valence-corrected chi connectivity index (χ4v) is 4.73. The van der Waals surface area contributed by atoms with Gasteiger partial charge in [0, 0.05) is 51.4 Å². The molecule has 9 nitrogen and oxygen atoms in total. The fraction of sp³-hybridized carbons (Fsp3) is 0.476. The van der Waals surface area contributed by atoms with Gasteiger partial charge in [-0.25, -0.2) is 9.97 Å². The van der Waals surface area contributed by atoms with Crippen LogP contribution in [0.2, 0.25) is 0 Å². The molecule has 0 spiro atoms. The van der Waals surface area contributed by atoms with Gasteiger partial charge < -0.3 is 10.1 Å². The first-order chi connectivity index (χ1) is 14.7. The number of rotatable bonds is 7. The molecule has 2 aromatic rings. The zero-order chi connectivity index (χ0) is 22.6. The summed E-state index contributed by atoms with van der Waals surface area (Å²) in [5.41, 5.74) is 1.91. The Balaban J connectivity index is 1.63. The van der Waals surface area contributed by atoms with Crippen LogP contribution in [0.5, 0.6) is 5.75 Å². The van der Waals surface area contributed by atoms with Gasteiger partial charge in [0.05, 0.1) is 18.4 Å². The van der Waals surface area contributed by atoms with Gasteiger partial charge in [-0.3, -0.25) is 4.79 Å². The second-order valence-electron chi connectivity index (χ2n) is 7.69. The molecule has 168 valence electrons. The lowest BCUT2D eigenvalue weighted by Gasteiger charge is -2.32. The van der Waals surface area contributed by atoms with Gasteiger partial charge >= 0.3 is 0 Å². The maximum absolute atomic E-state index is 12.6. The number of aryl methyl sites for hydroxylation is 1. The van der Waals surface area contributed by atoms with Crippen LogP contribution >= 0.6 is 0 Å². The lowest BCUT2D eigenvalue weighted by molar-refractivity contribution is 0.0949. The molecule has 1 aliphatic heterocycles. The molecular weight excluding hydrogens is 418 g/mol. The molecule has 1 fully saturated rings. The number of benzene rings is 1. The van der Waals surface area contributed by atoms with E-state index in [0.29, 0.717) is 55.3 Å². The first kappa shape index (κ1) is 23.1. The standard InChI is InChI=1S/C21H29N5O4S/c1-15-18(21(27)23-13-17-7-5-6-8-19(17)30-4)14-22-20(24-15)16-9-11-26(12-10-16)31(28,29)25(2)3/h5-8,14,16H,9-13H2,1-4H3,(H,23,27). The molecule has 0 aliphatic carbocycles. The van der Waals surface area contributed by atoms with Crippen LogP contribution in [0.25, 0.3) is 0 Å². The van der Waals surface area contributed by atoms with E-state index < -0.39 is 10.2 Å². The summed E-state index contributed by atoms with van der Waals surface area (Å²) in [4.78, 5) is 21.6. The van der Waals surface area contributed by atoms with Gasteiger partial charge in [-0.05, 0) is 25.8 Å². The van der Waals surface area contributed by atoms with Crippen molar-refractivity contribution in [1.29, 1.82) is 0 Å². The minimum atomic E-state index is -3.40. The molecule has 1 amide bonds. The van der Waals surface area contributed by atoms with E-state index in [2.05, 4.69) is 15.3 Å². The molecule has 1 N–H and O–H groups in total. The minimum Gasteiger partial charge on any atom is -0.496 e. The molecule has 1 saturated heterocycles. The molecule has 31 heavy (non-hydrogen) atoms. The van der Waals surface area contributed by atoms with Crippen molar-refractivity contribution in [2.45, 2.75) is 32.2 Å². The van der Waals surface area contributed by atoms with Gasteiger partial charge in [0.25, 0.3) is 16.1 Å². The number of aromatic nitrogens is 2. The average Bonchev–Trinajstić information content (AvgIpc) is 2.77. The van der Waals surface area contributed by atoms with E-state index in [4.69, 9.17) is 4.74 Å². The Morgan fingerprint density at radius 3 is 2.55 bits per heavy atom. The molecule has 0 unspecified atom stereocenters. The summed E-state index contributed by atoms with van der Waals surface area (Å²) < 4.78 is 32.6. The second kappa shape index (κ2) is 9.71. The Labute approximate surface area is 183 Å². The highest BCUT2D eigenvalue weighted by Gasteiger charge is 2.31. The van der Waals surface area contributed by atoms with Crippen LogP contribution in [0.3, 0.4) is 0 Å². The third kappa shape index (κ3) is 5.20. The molecule has 10 heteroatoms. The maximum Gasteiger partial charge on any atom is 0.281 e. The molecule has 1 aliphatic rings. The van der Waals surface area contributed by atoms with Crippen molar-refractivity contribution < 1.29 is 17.9 Å². The van der Waals surface area contributed by atoms with Crippen molar-refractivity contribution in [3.8, 4) is 5.75 Å². The summed E-state index contributed by atoms with van der Waals surface area (Å²) in [7, 11) is 1.26. The van der Waals surface area contributed by atoms with Crippen LogP contribution in [0.1, 0.15) is 46.2 Å². The summed E-state index contributed by atoms with van der Waals surface area (Å²) >= 11 is 0. The Morgan fingerprint density at radius 2 is 1.94 bits per heavy atom. The van der Waals surface area contributed by atoms with E-state index in [1.165, 1.54) is 22.7 Å². The predicted molar refractivity (Wildman–Crippen MR) is 117 cm³/mol. The predicted octanol–water partition coefficient (Wildman–Crippen LogP) is 1.71. The molecule has 2 heterocycles. The summed E-state index contributed by atoms with van der Waals surface area (Å²) in [5, 5.41) is 2.89. The molecule has 1 aromatic carbocycles. The van der Waals surface area contributed by atoms with Crippen LogP contribution in [0, 0.1) is 6.92 Å². The first-order valence-electron chi connectivity index (χ1n) is 10.1. The van der Waals surface area contributed by atoms with Crippen molar-refractivity contribution >= 4 is 16.1 Å². The van der Waals surface area contributed by atoms with Crippen molar-refractivity contribution in [2.75, 3.05) is 34.3 Å². The lowest BCUT2D eigenvalue weighted by atomic mass is 9.97. The molecule has 0 radical (unpaired) electrons. The van der Waals surface area contributed by atoms with Gasteiger partial charge in [0.2, 0.25) is 0 Å². The number of hydrogen-bond donors (Lipinski definition) is 1. The number of hydrogen-bond acceptors (Lipinski definition) is 6. The van der Waals surface area contributed by atoms with Crippen LogP contribution in [-0.2, 0) is 16.8 Å². The van der Waals surface area contributed by atoms with E-state index in [-0.39, 0.29) is 11.8 Å². The largest absolute Gasteiger partial charge is 0.496 e. The van der Waals surface area contributed by atoms with Gasteiger partial charge in [-0.2, -0.15) is 17.0 Å². The topological polar surface area (TPSA) is 105 Å². The number of carbonyl (C=O) groups is 1. The first-order valence-corrected chi connectivity index (χ1v) is 11.5. The van der Waals surface area contributed by atoms with Crippen LogP contribution in [-0.4, -0.2) is 67.2 Å². The number of amides is 1. The molecular formula is C21H29N5O4S. The minimum absolute atomic E-state index is 0.0676. The zero-order valence-corrected chi connectivity index (χ0v) is 19.1. The van der Waals surface area contributed by atoms with Crippen LogP contribution in [0.4, 0.5) is 0 Å². The Bertz CT molecular complexity index is 1030. The summed E-state index contributed by atoms with van der Waals surface area (Å²) in [6.07, 6.45) is 2.84. The molecule has 1 aromatic heterocycles. The number of nitrogens with one attached hydrogen (secondary N) is 1. The van der Waals surface area contributed by atoms with Crippen molar-refractivity contribution in [3.63, 3.8) is 0 Å². The van der Waals surface area contributed by atoms with E-state index in [0.717, 1.165) is 5.56 Å². The number of piperidine rings is 1. The Kier molecular flexibility index (Phi) is 7.24. The normalized spacial score (nSPS) is 15.8. The highest BCUT2D eigenvalue weighted by molar-refractivity contribution is 7.86. The highest BCUT2D eigenvalue weighted by atomic mass is 32.2. The molecule has 0 saturated carbocycles. The highest BCUT2D eigenvalue weighted by Crippen LogP contribution is 2.27. The zero-order valence-electron chi connectivity index (χ0n) is 18.3. The van der Waals surface area contributed by atoms with Gasteiger partial charge in [0.15, 0.2) is 0 Å². The summed E-state index contributed by atoms with van der Waals surface area (Å²) in [6, 6.07) is 7.51. The number of ether oxygens (including phenoxy) is 1. The summed E-state index contributed by atoms with van der Waals surface area (Å²) in [5.74, 6) is 1.19. The van der Waals surface area contributed by atoms with Crippen molar-refractivity contribution in [2.24, 2.45) is 0 Å². The molecule has 0 bridgehead atoms. The van der Waals surface area contributed by atoms with Crippen LogP contribution < -0.4 is 10.1 Å². The van der Waals surface area contributed by atoms with Gasteiger partial charge in [-0.1, -0.05) is 18.2 Å². The van der Waals surface area contributed by atoms with Gasteiger partial charge in [-0.15, -0.1) is 0 Å². The Hall–Kier alpha value is -2.56. The number of para-hydroxylation sites is 1. The van der Waals surface area contributed by atoms with Crippen molar-refractivity contribution in [1.82, 2.24) is 23.9 Å². The van der Waals surface area contributed by atoms with Crippen LogP contribution in [0.15, 0.2) is 30.5 Å². The van der Waals surface area contributed by atoms with E-state index >= 15 is 0 Å². The van der Waals surface area contributed by atoms with E-state index in [1.807, 2.05) is 24.3 Å².